The quantitative estimate of drug-likeness (QED) is 0.361. The Morgan fingerprint density at radius 2 is 2.18 bits per heavy atom. The number of hydrogen-bond acceptors (Lipinski definition) is 3. The van der Waals surface area contributed by atoms with Crippen molar-refractivity contribution in [1.82, 2.24) is 0 Å². The molecule has 1 aromatic carbocycles. The number of nitrogens with zero attached hydrogens (tertiary/aromatic N) is 1. The smallest absolute Gasteiger partial charge is 0.305 e. The molecular formula is C10H13BrFNO3Si. The van der Waals surface area contributed by atoms with E-state index in [2.05, 4.69) is 15.9 Å². The summed E-state index contributed by atoms with van der Waals surface area (Å²) >= 11 is 3.36. The number of rotatable bonds is 5. The molecule has 0 spiro atoms. The van der Waals surface area contributed by atoms with E-state index in [9.17, 15) is 14.5 Å². The highest BCUT2D eigenvalue weighted by molar-refractivity contribution is 9.09. The average Bonchev–Trinajstić information content (AvgIpc) is 2.27. The van der Waals surface area contributed by atoms with Gasteiger partial charge in [0.25, 0.3) is 0 Å². The van der Waals surface area contributed by atoms with Crippen molar-refractivity contribution in [2.75, 3.05) is 4.95 Å². The average molecular weight is 322 g/mol. The summed E-state index contributed by atoms with van der Waals surface area (Å²) in [5, 5.41) is 10.6. The molecule has 0 saturated heterocycles. The third-order valence-corrected chi connectivity index (χ3v) is 7.78. The number of nitro groups is 1. The largest absolute Gasteiger partial charge is 0.412 e. The lowest BCUT2D eigenvalue weighted by molar-refractivity contribution is -0.387. The minimum absolute atomic E-state index is 0.270. The van der Waals surface area contributed by atoms with Crippen LogP contribution in [0, 0.1) is 15.9 Å². The minimum atomic E-state index is -1.77. The molecule has 1 aromatic rings. The first-order valence-corrected chi connectivity index (χ1v) is 9.22. The molecule has 0 aliphatic rings. The van der Waals surface area contributed by atoms with Crippen LogP contribution in [0.5, 0.6) is 0 Å². The van der Waals surface area contributed by atoms with Crippen LogP contribution in [-0.4, -0.2) is 18.2 Å². The lowest BCUT2D eigenvalue weighted by atomic mass is 10.2. The zero-order chi connectivity index (χ0) is 13.1. The van der Waals surface area contributed by atoms with Gasteiger partial charge < -0.3 is 4.43 Å². The highest BCUT2D eigenvalue weighted by atomic mass is 79.9. The third-order valence-electron chi connectivity index (χ3n) is 2.16. The van der Waals surface area contributed by atoms with Crippen molar-refractivity contribution in [1.29, 1.82) is 0 Å². The first-order chi connectivity index (χ1) is 7.85. The van der Waals surface area contributed by atoms with E-state index in [1.54, 1.807) is 0 Å². The Bertz CT molecular complexity index is 428. The van der Waals surface area contributed by atoms with Gasteiger partial charge in [-0.3, -0.25) is 10.1 Å². The van der Waals surface area contributed by atoms with Crippen LogP contribution >= 0.6 is 15.9 Å². The third kappa shape index (κ3) is 4.17. The number of benzene rings is 1. The van der Waals surface area contributed by atoms with E-state index in [-0.39, 0.29) is 6.61 Å². The van der Waals surface area contributed by atoms with Crippen LogP contribution in [0.25, 0.3) is 0 Å². The van der Waals surface area contributed by atoms with Crippen molar-refractivity contribution in [3.63, 3.8) is 0 Å². The molecule has 1 rings (SSSR count). The van der Waals surface area contributed by atoms with Gasteiger partial charge in [-0.25, -0.2) is 0 Å². The highest BCUT2D eigenvalue weighted by Gasteiger charge is 2.21. The summed E-state index contributed by atoms with van der Waals surface area (Å²) in [4.78, 5) is 10.6. The maximum atomic E-state index is 13.1. The molecule has 0 N–H and O–H groups in total. The normalized spacial score (nSPS) is 11.5. The van der Waals surface area contributed by atoms with Crippen molar-refractivity contribution in [3.05, 3.63) is 39.7 Å². The number of alkyl halides is 1. The van der Waals surface area contributed by atoms with Crippen LogP contribution in [0.2, 0.25) is 13.1 Å². The van der Waals surface area contributed by atoms with Crippen LogP contribution in [0.15, 0.2) is 18.2 Å². The van der Waals surface area contributed by atoms with E-state index in [0.717, 1.165) is 11.0 Å². The van der Waals surface area contributed by atoms with E-state index < -0.39 is 24.7 Å². The fourth-order valence-electron chi connectivity index (χ4n) is 1.11. The van der Waals surface area contributed by atoms with Gasteiger partial charge in [0.2, 0.25) is 5.82 Å². The summed E-state index contributed by atoms with van der Waals surface area (Å²) in [5.41, 5.74) is 0.101. The van der Waals surface area contributed by atoms with E-state index >= 15 is 0 Å². The molecule has 0 aliphatic carbocycles. The fraction of sp³-hybridized carbons (Fsp3) is 0.400. The zero-order valence-electron chi connectivity index (χ0n) is 9.57. The van der Waals surface area contributed by atoms with Crippen LogP contribution in [0.1, 0.15) is 5.56 Å². The molecule has 0 heterocycles. The van der Waals surface area contributed by atoms with Crippen LogP contribution in [0.4, 0.5) is 10.1 Å². The van der Waals surface area contributed by atoms with Crippen molar-refractivity contribution in [2.24, 2.45) is 0 Å². The summed E-state index contributed by atoms with van der Waals surface area (Å²) in [6.07, 6.45) is 0. The standard InChI is InChI=1S/C10H13BrFNO3Si/c1-17(2,7-11)16-6-8-3-4-9(12)10(5-8)13(14)15/h3-5H,6-7H2,1-2H3. The molecule has 94 valence electrons. The molecule has 4 nitrogen and oxygen atoms in total. The summed E-state index contributed by atoms with van der Waals surface area (Å²) in [5.74, 6) is -0.823. The van der Waals surface area contributed by atoms with Crippen LogP contribution in [0.3, 0.4) is 0 Å². The maximum Gasteiger partial charge on any atom is 0.305 e. The van der Waals surface area contributed by atoms with Gasteiger partial charge >= 0.3 is 5.69 Å². The van der Waals surface area contributed by atoms with E-state index in [4.69, 9.17) is 4.43 Å². The van der Waals surface area contributed by atoms with Gasteiger partial charge in [-0.15, -0.1) is 0 Å². The Hall–Kier alpha value is -0.793. The highest BCUT2D eigenvalue weighted by Crippen LogP contribution is 2.20. The molecular weight excluding hydrogens is 309 g/mol. The lowest BCUT2D eigenvalue weighted by Gasteiger charge is -2.19. The maximum absolute atomic E-state index is 13.1. The summed E-state index contributed by atoms with van der Waals surface area (Å²) in [7, 11) is -1.77. The first-order valence-electron chi connectivity index (χ1n) is 4.98. The Kier molecular flexibility index (Phi) is 4.78. The predicted molar refractivity (Wildman–Crippen MR) is 69.1 cm³/mol. The van der Waals surface area contributed by atoms with Crippen LogP contribution < -0.4 is 0 Å². The Balaban J connectivity index is 2.80. The predicted octanol–water partition coefficient (Wildman–Crippen LogP) is 3.39. The van der Waals surface area contributed by atoms with Gasteiger partial charge in [-0.1, -0.05) is 22.0 Å². The number of hydrogen-bond donors (Lipinski definition) is 0. The number of halogens is 2. The summed E-state index contributed by atoms with van der Waals surface area (Å²) in [6, 6.07) is 3.81. The van der Waals surface area contributed by atoms with E-state index in [1.165, 1.54) is 12.1 Å². The van der Waals surface area contributed by atoms with Crippen molar-refractivity contribution >= 4 is 29.9 Å². The molecule has 0 bridgehead atoms. The SMILES string of the molecule is C[Si](C)(CBr)OCc1ccc(F)c([N+](=O)[O-])c1. The lowest BCUT2D eigenvalue weighted by Crippen LogP contribution is -2.32. The molecule has 0 aromatic heterocycles. The molecule has 17 heavy (non-hydrogen) atoms. The zero-order valence-corrected chi connectivity index (χ0v) is 12.2. The molecule has 0 fully saturated rings. The van der Waals surface area contributed by atoms with E-state index in [0.29, 0.717) is 5.56 Å². The number of nitro benzene ring substituents is 1. The second kappa shape index (κ2) is 5.70. The van der Waals surface area contributed by atoms with Gasteiger partial charge in [0.15, 0.2) is 8.32 Å². The van der Waals surface area contributed by atoms with Gasteiger partial charge in [-0.05, 0) is 24.7 Å². The van der Waals surface area contributed by atoms with Gasteiger partial charge in [0.1, 0.15) is 0 Å². The molecule has 0 amide bonds. The second-order valence-corrected chi connectivity index (χ2v) is 9.98. The Morgan fingerprint density at radius 3 is 2.71 bits per heavy atom. The monoisotopic (exact) mass is 321 g/mol. The summed E-state index contributed by atoms with van der Waals surface area (Å²) < 4.78 is 18.8. The van der Waals surface area contributed by atoms with Crippen molar-refractivity contribution < 1.29 is 13.7 Å². The van der Waals surface area contributed by atoms with Crippen molar-refractivity contribution in [3.8, 4) is 0 Å². The fourth-order valence-corrected chi connectivity index (χ4v) is 2.23. The molecule has 7 heteroatoms. The Labute approximate surface area is 108 Å². The summed E-state index contributed by atoms with van der Waals surface area (Å²) in [6.45, 7) is 4.32. The van der Waals surface area contributed by atoms with Crippen molar-refractivity contribution in [2.45, 2.75) is 19.7 Å². The van der Waals surface area contributed by atoms with Crippen LogP contribution in [-0.2, 0) is 11.0 Å². The minimum Gasteiger partial charge on any atom is -0.412 e. The molecule has 0 radical (unpaired) electrons. The van der Waals surface area contributed by atoms with Gasteiger partial charge in [0, 0.05) is 11.0 Å². The van der Waals surface area contributed by atoms with Gasteiger partial charge in [0.05, 0.1) is 11.5 Å². The molecule has 0 atom stereocenters. The molecule has 0 unspecified atom stereocenters. The second-order valence-electron chi connectivity index (χ2n) is 4.22. The Morgan fingerprint density at radius 1 is 1.53 bits per heavy atom. The molecule has 0 saturated carbocycles. The molecule has 0 aliphatic heterocycles. The van der Waals surface area contributed by atoms with Gasteiger partial charge in [-0.2, -0.15) is 4.39 Å². The van der Waals surface area contributed by atoms with E-state index in [1.807, 2.05) is 13.1 Å². The topological polar surface area (TPSA) is 52.4 Å². The first kappa shape index (κ1) is 14.3.